The van der Waals surface area contributed by atoms with Gasteiger partial charge in [-0.05, 0) is 72.2 Å². The number of unbranched alkanes of at least 4 members (excludes halogenated alkanes) is 4. The van der Waals surface area contributed by atoms with Gasteiger partial charge < -0.3 is 0 Å². The molecule has 0 radical (unpaired) electrons. The van der Waals surface area contributed by atoms with Crippen molar-refractivity contribution in [3.63, 3.8) is 0 Å². The highest BCUT2D eigenvalue weighted by Crippen LogP contribution is 2.27. The van der Waals surface area contributed by atoms with Crippen molar-refractivity contribution in [3.05, 3.63) is 125 Å². The summed E-state index contributed by atoms with van der Waals surface area (Å²) in [5.74, 6) is -0.466. The summed E-state index contributed by atoms with van der Waals surface area (Å²) in [4.78, 5) is 3.37. The smallest absolute Gasteiger partial charge is 0.187 e. The van der Waals surface area contributed by atoms with Crippen molar-refractivity contribution in [2.24, 2.45) is 0 Å². The van der Waals surface area contributed by atoms with E-state index in [1.165, 1.54) is 0 Å². The van der Waals surface area contributed by atoms with Crippen LogP contribution in [-0.4, -0.2) is 0 Å². The van der Waals surface area contributed by atoms with E-state index in [4.69, 9.17) is 11.8 Å². The van der Waals surface area contributed by atoms with Crippen LogP contribution in [0.3, 0.4) is 0 Å². The number of hydrogen-bond acceptors (Lipinski definition) is 1. The van der Waals surface area contributed by atoms with E-state index in [1.54, 1.807) is 60.7 Å². The Balaban J connectivity index is 1.18. The van der Waals surface area contributed by atoms with E-state index < -0.39 is 0 Å². The van der Waals surface area contributed by atoms with Gasteiger partial charge in [0.1, 0.15) is 11.6 Å². The molecule has 0 saturated carbocycles. The first-order valence-corrected chi connectivity index (χ1v) is 12.6. The first-order valence-electron chi connectivity index (χ1n) is 12.6. The number of nitrogens with zero attached hydrogens (tertiary/aromatic N) is 2. The average Bonchev–Trinajstić information content (AvgIpc) is 2.93. The summed E-state index contributed by atoms with van der Waals surface area (Å²) < 4.78 is 29.3. The number of hydrogen-bond donors (Lipinski definition) is 0. The van der Waals surface area contributed by atoms with Gasteiger partial charge in [0.15, 0.2) is 5.69 Å². The normalized spacial score (nSPS) is 10.6. The maximum atomic E-state index is 14.6. The summed E-state index contributed by atoms with van der Waals surface area (Å²) in [6.07, 6.45) is 6.95. The van der Waals surface area contributed by atoms with E-state index in [0.717, 1.165) is 67.2 Å². The van der Waals surface area contributed by atoms with E-state index in [2.05, 4.69) is 10.9 Å². The van der Waals surface area contributed by atoms with Crippen LogP contribution in [0.4, 0.5) is 14.5 Å². The van der Waals surface area contributed by atoms with Crippen LogP contribution in [-0.2, 0) is 12.8 Å². The molecule has 0 unspecified atom stereocenters. The molecule has 4 aromatic carbocycles. The fourth-order valence-corrected chi connectivity index (χ4v) is 4.52. The molecule has 0 aliphatic rings. The third-order valence-corrected chi connectivity index (χ3v) is 6.63. The average molecular weight is 491 g/mol. The van der Waals surface area contributed by atoms with Gasteiger partial charge in [-0.2, -0.15) is 5.26 Å². The number of benzene rings is 4. The Kier molecular flexibility index (Phi) is 8.79. The SMILES string of the molecule is [C-]#[N+]c1ccc(-c2ccc(CCCCCCCc3ccc(-c4ccc(C#N)cc4)c(F)c3)cc2F)cc1. The molecule has 0 bridgehead atoms. The molecule has 0 aliphatic carbocycles. The molecule has 0 atom stereocenters. The van der Waals surface area contributed by atoms with Gasteiger partial charge >= 0.3 is 0 Å². The van der Waals surface area contributed by atoms with Gasteiger partial charge in [-0.25, -0.2) is 13.6 Å². The Hall–Kier alpha value is -4.28. The van der Waals surface area contributed by atoms with E-state index in [1.807, 2.05) is 24.3 Å². The van der Waals surface area contributed by atoms with E-state index >= 15 is 0 Å². The molecule has 0 aromatic heterocycles. The maximum Gasteiger partial charge on any atom is 0.187 e. The van der Waals surface area contributed by atoms with Crippen LogP contribution in [0.25, 0.3) is 27.1 Å². The van der Waals surface area contributed by atoms with E-state index in [-0.39, 0.29) is 11.6 Å². The van der Waals surface area contributed by atoms with Crippen LogP contribution in [0.1, 0.15) is 48.8 Å². The summed E-state index contributed by atoms with van der Waals surface area (Å²) in [7, 11) is 0. The molecule has 0 amide bonds. The molecule has 0 N–H and O–H groups in total. The molecule has 4 rings (SSSR count). The summed E-state index contributed by atoms with van der Waals surface area (Å²) in [6.45, 7) is 7.03. The quantitative estimate of drug-likeness (QED) is 0.161. The molecule has 4 aromatic rings. The molecule has 0 saturated heterocycles. The van der Waals surface area contributed by atoms with Crippen molar-refractivity contribution in [2.45, 2.75) is 44.9 Å². The third kappa shape index (κ3) is 6.90. The van der Waals surface area contributed by atoms with Crippen LogP contribution in [0.5, 0.6) is 0 Å². The summed E-state index contributed by atoms with van der Waals surface area (Å²) >= 11 is 0. The molecule has 0 heterocycles. The zero-order valence-electron chi connectivity index (χ0n) is 20.7. The minimum atomic E-state index is -0.235. The number of halogens is 2. The van der Waals surface area contributed by atoms with Crippen LogP contribution >= 0.6 is 0 Å². The second-order valence-electron chi connectivity index (χ2n) is 9.24. The van der Waals surface area contributed by atoms with Crippen molar-refractivity contribution in [1.82, 2.24) is 0 Å². The van der Waals surface area contributed by atoms with Crippen molar-refractivity contribution >= 4 is 5.69 Å². The first-order chi connectivity index (χ1) is 18.1. The zero-order chi connectivity index (χ0) is 26.0. The monoisotopic (exact) mass is 490 g/mol. The highest BCUT2D eigenvalue weighted by Gasteiger charge is 2.08. The third-order valence-electron chi connectivity index (χ3n) is 6.63. The molecule has 184 valence electrons. The standard InChI is InChI=1S/C33H28F2N2/c1-37-29-17-15-28(16-18-29)31-20-12-25(22-33(31)35)8-6-4-2-3-5-7-24-11-19-30(32(34)21-24)27-13-9-26(23-36)10-14-27/h9-22H,2-8H2. The van der Waals surface area contributed by atoms with Crippen LogP contribution in [0.15, 0.2) is 84.9 Å². The first kappa shape index (κ1) is 25.8. The van der Waals surface area contributed by atoms with Crippen LogP contribution in [0.2, 0.25) is 0 Å². The van der Waals surface area contributed by atoms with Crippen molar-refractivity contribution in [2.75, 3.05) is 0 Å². The van der Waals surface area contributed by atoms with E-state index in [0.29, 0.717) is 22.4 Å². The van der Waals surface area contributed by atoms with Gasteiger partial charge in [-0.3, -0.25) is 0 Å². The highest BCUT2D eigenvalue weighted by molar-refractivity contribution is 5.67. The molecule has 0 spiro atoms. The Bertz CT molecular complexity index is 1310. The van der Waals surface area contributed by atoms with Gasteiger partial charge in [-0.1, -0.05) is 79.9 Å². The van der Waals surface area contributed by atoms with E-state index in [9.17, 15) is 8.78 Å². The lowest BCUT2D eigenvalue weighted by Gasteiger charge is -2.08. The minimum absolute atomic E-state index is 0.231. The minimum Gasteiger partial charge on any atom is -0.238 e. The van der Waals surface area contributed by atoms with Crippen molar-refractivity contribution in [1.29, 1.82) is 5.26 Å². The molecule has 37 heavy (non-hydrogen) atoms. The number of aryl methyl sites for hydroxylation is 2. The van der Waals surface area contributed by atoms with Gasteiger partial charge in [0.05, 0.1) is 18.2 Å². The summed E-state index contributed by atoms with van der Waals surface area (Å²) in [5, 5.41) is 8.92. The Morgan fingerprint density at radius 3 is 1.51 bits per heavy atom. The molecule has 0 aliphatic heterocycles. The lowest BCUT2D eigenvalue weighted by Crippen LogP contribution is -1.92. The Morgan fingerprint density at radius 2 is 1.08 bits per heavy atom. The topological polar surface area (TPSA) is 28.1 Å². The molecule has 2 nitrogen and oxygen atoms in total. The molecular weight excluding hydrogens is 462 g/mol. The predicted molar refractivity (Wildman–Crippen MR) is 145 cm³/mol. The Morgan fingerprint density at radius 1 is 0.622 bits per heavy atom. The van der Waals surface area contributed by atoms with Gasteiger partial charge in [0, 0.05) is 11.1 Å². The number of nitriles is 1. The lowest BCUT2D eigenvalue weighted by atomic mass is 9.98. The zero-order valence-corrected chi connectivity index (χ0v) is 20.7. The highest BCUT2D eigenvalue weighted by atomic mass is 19.1. The van der Waals surface area contributed by atoms with Gasteiger partial charge in [-0.15, -0.1) is 0 Å². The second kappa shape index (κ2) is 12.6. The summed E-state index contributed by atoms with van der Waals surface area (Å²) in [6, 6.07) is 26.8. The van der Waals surface area contributed by atoms with Gasteiger partial charge in [0.25, 0.3) is 0 Å². The van der Waals surface area contributed by atoms with Crippen molar-refractivity contribution in [3.8, 4) is 28.3 Å². The fraction of sp³-hybridized carbons (Fsp3) is 0.212. The predicted octanol–water partition coefficient (Wildman–Crippen LogP) is 9.46. The lowest BCUT2D eigenvalue weighted by molar-refractivity contribution is 0.604. The van der Waals surface area contributed by atoms with Crippen molar-refractivity contribution < 1.29 is 8.78 Å². The maximum absolute atomic E-state index is 14.6. The van der Waals surface area contributed by atoms with Crippen LogP contribution in [0, 0.1) is 29.5 Å². The fourth-order valence-electron chi connectivity index (χ4n) is 4.52. The van der Waals surface area contributed by atoms with Gasteiger partial charge in [0.2, 0.25) is 0 Å². The number of rotatable bonds is 10. The largest absolute Gasteiger partial charge is 0.238 e. The summed E-state index contributed by atoms with van der Waals surface area (Å²) in [5.41, 5.74) is 5.76. The van der Waals surface area contributed by atoms with Crippen LogP contribution < -0.4 is 0 Å². The molecule has 4 heteroatoms. The molecule has 0 fully saturated rings. The Labute approximate surface area is 217 Å². The molecular formula is C33H28F2N2. The second-order valence-corrected chi connectivity index (χ2v) is 9.24.